The van der Waals surface area contributed by atoms with Crippen molar-refractivity contribution in [1.29, 1.82) is 0 Å². The molecule has 0 aromatic rings. The molecule has 0 rings (SSSR count). The number of alkyl halides is 3. The molecule has 0 radical (unpaired) electrons. The monoisotopic (exact) mass is 255 g/mol. The van der Waals surface area contributed by atoms with E-state index in [0.717, 1.165) is 0 Å². The summed E-state index contributed by atoms with van der Waals surface area (Å²) in [4.78, 5) is 11.7. The molecular formula is C11H20F3NO2. The maximum Gasteiger partial charge on any atom is 0.404 e. The van der Waals surface area contributed by atoms with Crippen molar-refractivity contribution in [2.45, 2.75) is 52.4 Å². The second-order valence-corrected chi connectivity index (χ2v) is 4.84. The van der Waals surface area contributed by atoms with Gasteiger partial charge in [-0.1, -0.05) is 13.8 Å². The predicted octanol–water partition coefficient (Wildman–Crippen LogP) is 2.76. The molecule has 0 aliphatic heterocycles. The molecule has 1 atom stereocenters. The number of aliphatic carboxylic acids is 1. The maximum absolute atomic E-state index is 12.8. The quantitative estimate of drug-likeness (QED) is 0.793. The van der Waals surface area contributed by atoms with Crippen molar-refractivity contribution in [2.75, 3.05) is 6.54 Å². The third-order valence-corrected chi connectivity index (χ3v) is 2.39. The van der Waals surface area contributed by atoms with E-state index >= 15 is 0 Å². The summed E-state index contributed by atoms with van der Waals surface area (Å²) in [5, 5.41) is 8.59. The summed E-state index contributed by atoms with van der Waals surface area (Å²) in [5.74, 6) is -1.38. The molecule has 0 fully saturated rings. The number of rotatable bonds is 6. The summed E-state index contributed by atoms with van der Waals surface area (Å²) < 4.78 is 38.5. The summed E-state index contributed by atoms with van der Waals surface area (Å²) in [6.45, 7) is 7.13. The third-order valence-electron chi connectivity index (χ3n) is 2.39. The van der Waals surface area contributed by atoms with Gasteiger partial charge in [-0.3, -0.25) is 9.69 Å². The van der Waals surface area contributed by atoms with Gasteiger partial charge in [-0.15, -0.1) is 0 Å². The van der Waals surface area contributed by atoms with Gasteiger partial charge in [0.1, 0.15) is 6.04 Å². The van der Waals surface area contributed by atoms with E-state index in [2.05, 4.69) is 0 Å². The zero-order valence-corrected chi connectivity index (χ0v) is 10.6. The van der Waals surface area contributed by atoms with E-state index in [9.17, 15) is 18.0 Å². The lowest BCUT2D eigenvalue weighted by Gasteiger charge is -2.36. The topological polar surface area (TPSA) is 40.5 Å². The van der Waals surface area contributed by atoms with Crippen LogP contribution in [0.1, 0.15) is 34.1 Å². The number of hydrogen-bond donors (Lipinski definition) is 1. The number of carbonyl (C=O) groups is 1. The van der Waals surface area contributed by atoms with Crippen molar-refractivity contribution in [3.05, 3.63) is 0 Å². The summed E-state index contributed by atoms with van der Waals surface area (Å²) >= 11 is 0. The Morgan fingerprint density at radius 3 is 1.94 bits per heavy atom. The first-order chi connectivity index (χ1) is 7.55. The highest BCUT2D eigenvalue weighted by atomic mass is 19.4. The molecule has 0 spiro atoms. The van der Waals surface area contributed by atoms with Crippen LogP contribution >= 0.6 is 0 Å². The number of carboxylic acids is 1. The molecule has 102 valence electrons. The van der Waals surface area contributed by atoms with E-state index in [1.54, 1.807) is 13.8 Å². The van der Waals surface area contributed by atoms with Gasteiger partial charge in [-0.2, -0.15) is 13.2 Å². The molecule has 0 aromatic heterocycles. The molecule has 1 N–H and O–H groups in total. The second kappa shape index (κ2) is 6.23. The molecule has 1 unspecified atom stereocenters. The van der Waals surface area contributed by atoms with Crippen LogP contribution in [0.4, 0.5) is 13.2 Å². The minimum Gasteiger partial charge on any atom is -0.481 e. The maximum atomic E-state index is 12.8. The molecule has 0 bridgehead atoms. The Bertz CT molecular complexity index is 252. The Morgan fingerprint density at radius 1 is 1.24 bits per heavy atom. The fourth-order valence-corrected chi connectivity index (χ4v) is 1.71. The number of halogens is 3. The Labute approximate surface area is 99.6 Å². The first-order valence-corrected chi connectivity index (χ1v) is 5.60. The van der Waals surface area contributed by atoms with Crippen LogP contribution in [0.15, 0.2) is 0 Å². The van der Waals surface area contributed by atoms with Crippen LogP contribution in [0.2, 0.25) is 0 Å². The second-order valence-electron chi connectivity index (χ2n) is 4.84. The largest absolute Gasteiger partial charge is 0.481 e. The first-order valence-electron chi connectivity index (χ1n) is 5.60. The number of carboxylic acid groups (broad SMARTS) is 1. The van der Waals surface area contributed by atoms with Gasteiger partial charge in [0.15, 0.2) is 0 Å². The van der Waals surface area contributed by atoms with Crippen molar-refractivity contribution in [2.24, 2.45) is 5.92 Å². The van der Waals surface area contributed by atoms with E-state index in [1.165, 1.54) is 4.90 Å². The molecule has 0 aliphatic carbocycles. The molecule has 0 amide bonds. The SMILES string of the molecule is CC(C)CN(C(C)C)C(CC(=O)O)C(F)(F)F. The number of nitrogens with zero attached hydrogens (tertiary/aromatic N) is 1. The average molecular weight is 255 g/mol. The Balaban J connectivity index is 5.00. The lowest BCUT2D eigenvalue weighted by molar-refractivity contribution is -0.195. The zero-order valence-electron chi connectivity index (χ0n) is 10.6. The van der Waals surface area contributed by atoms with Crippen LogP contribution < -0.4 is 0 Å². The summed E-state index contributed by atoms with van der Waals surface area (Å²) in [6.07, 6.45) is -5.42. The standard InChI is InChI=1S/C11H20F3NO2/c1-7(2)6-15(8(3)4)9(5-10(16)17)11(12,13)14/h7-9H,5-6H2,1-4H3,(H,16,17). The number of hydrogen-bond acceptors (Lipinski definition) is 2. The van der Waals surface area contributed by atoms with Crippen molar-refractivity contribution in [1.82, 2.24) is 4.90 Å². The Kier molecular flexibility index (Phi) is 5.95. The van der Waals surface area contributed by atoms with Gasteiger partial charge in [0.05, 0.1) is 6.42 Å². The van der Waals surface area contributed by atoms with Crippen molar-refractivity contribution in [3.63, 3.8) is 0 Å². The molecule has 0 heterocycles. The van der Waals surface area contributed by atoms with Crippen molar-refractivity contribution < 1.29 is 23.1 Å². The highest BCUT2D eigenvalue weighted by Gasteiger charge is 2.45. The smallest absolute Gasteiger partial charge is 0.404 e. The lowest BCUT2D eigenvalue weighted by Crippen LogP contribution is -2.51. The minimum atomic E-state index is -4.52. The fraction of sp³-hybridized carbons (Fsp3) is 0.909. The van der Waals surface area contributed by atoms with Crippen LogP contribution in [-0.2, 0) is 4.79 Å². The molecule has 0 aliphatic rings. The van der Waals surface area contributed by atoms with Gasteiger partial charge in [0.25, 0.3) is 0 Å². The van der Waals surface area contributed by atoms with E-state index in [4.69, 9.17) is 5.11 Å². The summed E-state index contributed by atoms with van der Waals surface area (Å²) in [6, 6.07) is -2.26. The van der Waals surface area contributed by atoms with Gasteiger partial charge < -0.3 is 5.11 Å². The van der Waals surface area contributed by atoms with Crippen LogP contribution in [0.25, 0.3) is 0 Å². The fourth-order valence-electron chi connectivity index (χ4n) is 1.71. The predicted molar refractivity (Wildman–Crippen MR) is 58.8 cm³/mol. The van der Waals surface area contributed by atoms with Gasteiger partial charge in [0, 0.05) is 12.6 Å². The summed E-state index contributed by atoms with van der Waals surface area (Å²) in [5.41, 5.74) is 0. The molecule has 17 heavy (non-hydrogen) atoms. The Morgan fingerprint density at radius 2 is 1.71 bits per heavy atom. The van der Waals surface area contributed by atoms with E-state index in [1.807, 2.05) is 13.8 Å². The van der Waals surface area contributed by atoms with E-state index in [0.29, 0.717) is 0 Å². The lowest BCUT2D eigenvalue weighted by atomic mass is 10.1. The van der Waals surface area contributed by atoms with Gasteiger partial charge in [-0.05, 0) is 19.8 Å². The first kappa shape index (κ1) is 16.2. The van der Waals surface area contributed by atoms with Gasteiger partial charge in [-0.25, -0.2) is 0 Å². The average Bonchev–Trinajstić information content (AvgIpc) is 2.07. The highest BCUT2D eigenvalue weighted by molar-refractivity contribution is 5.67. The zero-order chi connectivity index (χ0) is 13.8. The molecule has 6 heteroatoms. The van der Waals surface area contributed by atoms with Gasteiger partial charge >= 0.3 is 12.1 Å². The molecule has 3 nitrogen and oxygen atoms in total. The van der Waals surface area contributed by atoms with Crippen molar-refractivity contribution >= 4 is 5.97 Å². The van der Waals surface area contributed by atoms with E-state index < -0.39 is 24.6 Å². The van der Waals surface area contributed by atoms with Crippen LogP contribution in [-0.4, -0.2) is 40.8 Å². The molecular weight excluding hydrogens is 235 g/mol. The highest BCUT2D eigenvalue weighted by Crippen LogP contribution is 2.29. The van der Waals surface area contributed by atoms with E-state index in [-0.39, 0.29) is 18.5 Å². The Hall–Kier alpha value is -0.780. The van der Waals surface area contributed by atoms with Crippen molar-refractivity contribution in [3.8, 4) is 0 Å². The van der Waals surface area contributed by atoms with Crippen LogP contribution in [0.5, 0.6) is 0 Å². The molecule has 0 saturated heterocycles. The normalized spacial score (nSPS) is 14.7. The minimum absolute atomic E-state index is 0.0519. The summed E-state index contributed by atoms with van der Waals surface area (Å²) in [7, 11) is 0. The van der Waals surface area contributed by atoms with Gasteiger partial charge in [0.2, 0.25) is 0 Å². The molecule has 0 saturated carbocycles. The van der Waals surface area contributed by atoms with Crippen LogP contribution in [0, 0.1) is 5.92 Å². The van der Waals surface area contributed by atoms with Crippen LogP contribution in [0.3, 0.4) is 0 Å². The third kappa shape index (κ3) is 5.91. The molecule has 0 aromatic carbocycles.